The summed E-state index contributed by atoms with van der Waals surface area (Å²) in [5.74, 6) is 0. The van der Waals surface area contributed by atoms with Crippen LogP contribution < -0.4 is 9.64 Å². The molecule has 5 atom stereocenters. The molecule has 2 fully saturated rings. The van der Waals surface area contributed by atoms with Gasteiger partial charge in [-0.1, -0.05) is 23.7 Å². The van der Waals surface area contributed by atoms with Crippen LogP contribution in [0, 0.1) is 0 Å². The van der Waals surface area contributed by atoms with Gasteiger partial charge in [0.25, 0.3) is 6.01 Å². The zero-order valence-corrected chi connectivity index (χ0v) is 22.4. The van der Waals surface area contributed by atoms with Crippen LogP contribution in [0.15, 0.2) is 36.5 Å². The standard InChI is InChI=1S/C27H29ClN6O5/c1-27(2,36)13-33-8-15-9-34(32-19(15)10-33)16-5-3-14(4-6-16)22-17(28)7-18-25(30-22)31-26(29-18)39-21-12-38-23-20(35)11-37-24(21)23/h3-7,9,20-21,23-24,35-36H,8,10-13H2,1-2H3,(H,29,30,31)/p+1/t20-,21-,23-,24-/m1/s1. The Labute approximate surface area is 229 Å². The number of quaternary nitrogens is 1. The van der Waals surface area contributed by atoms with E-state index in [9.17, 15) is 10.2 Å². The summed E-state index contributed by atoms with van der Waals surface area (Å²) in [7, 11) is 0. The monoisotopic (exact) mass is 553 g/mol. The highest BCUT2D eigenvalue weighted by molar-refractivity contribution is 6.33. The van der Waals surface area contributed by atoms with Gasteiger partial charge >= 0.3 is 0 Å². The third kappa shape index (κ3) is 4.69. The number of aliphatic hydroxyl groups is 2. The van der Waals surface area contributed by atoms with Gasteiger partial charge in [-0.3, -0.25) is 0 Å². The van der Waals surface area contributed by atoms with E-state index in [4.69, 9.17) is 35.9 Å². The number of rotatable bonds is 6. The molecule has 0 spiro atoms. The summed E-state index contributed by atoms with van der Waals surface area (Å²) in [4.78, 5) is 13.6. The maximum atomic E-state index is 10.1. The molecule has 6 heterocycles. The van der Waals surface area contributed by atoms with Crippen LogP contribution in [0.3, 0.4) is 0 Å². The molecule has 3 aliphatic rings. The van der Waals surface area contributed by atoms with Gasteiger partial charge in [0.1, 0.15) is 49.2 Å². The van der Waals surface area contributed by atoms with Crippen molar-refractivity contribution >= 4 is 22.8 Å². The molecule has 7 rings (SSSR count). The van der Waals surface area contributed by atoms with Crippen molar-refractivity contribution in [2.24, 2.45) is 0 Å². The molecule has 3 aliphatic heterocycles. The molecule has 12 heteroatoms. The molecule has 3 aromatic heterocycles. The average Bonchev–Trinajstić information content (AvgIpc) is 3.67. The number of hydrogen-bond donors (Lipinski definition) is 4. The lowest BCUT2D eigenvalue weighted by atomic mass is 10.1. The van der Waals surface area contributed by atoms with Crippen molar-refractivity contribution in [1.82, 2.24) is 24.7 Å². The van der Waals surface area contributed by atoms with Gasteiger partial charge in [-0.05, 0) is 32.0 Å². The number of H-pyrrole nitrogens is 1. The smallest absolute Gasteiger partial charge is 0.296 e. The number of benzene rings is 1. The summed E-state index contributed by atoms with van der Waals surface area (Å²) in [6.45, 7) is 6.59. The van der Waals surface area contributed by atoms with Crippen LogP contribution >= 0.6 is 11.6 Å². The highest BCUT2D eigenvalue weighted by Crippen LogP contribution is 2.32. The molecule has 11 nitrogen and oxygen atoms in total. The summed E-state index contributed by atoms with van der Waals surface area (Å²) in [6, 6.07) is 10.0. The molecule has 1 aromatic carbocycles. The molecular weight excluding hydrogens is 524 g/mol. The first-order chi connectivity index (χ1) is 18.7. The largest absolute Gasteiger partial charge is 0.456 e. The Bertz CT molecular complexity index is 1510. The summed E-state index contributed by atoms with van der Waals surface area (Å²) >= 11 is 6.62. The van der Waals surface area contributed by atoms with Crippen LogP contribution in [-0.4, -0.2) is 84.7 Å². The van der Waals surface area contributed by atoms with Gasteiger partial charge in [0.15, 0.2) is 11.8 Å². The van der Waals surface area contributed by atoms with Crippen LogP contribution in [0.1, 0.15) is 25.1 Å². The predicted molar refractivity (Wildman–Crippen MR) is 141 cm³/mol. The Kier molecular flexibility index (Phi) is 5.92. The van der Waals surface area contributed by atoms with Crippen LogP contribution in [0.25, 0.3) is 28.1 Å². The molecule has 0 aliphatic carbocycles. The number of aromatic amines is 1. The SMILES string of the molecule is CC(C)(O)C[NH+]1Cc2cn(-c3ccc(-c4nc5nc(O[C@@H]6CO[C@H]7[C@@H]6OC[C@H]7O)[nH]c5cc4Cl)cc3)nc2C1. The first-order valence-corrected chi connectivity index (χ1v) is 13.5. The van der Waals surface area contributed by atoms with E-state index in [-0.39, 0.29) is 24.9 Å². The normalized spacial score (nSPS) is 26.3. The molecule has 0 radical (unpaired) electrons. The van der Waals surface area contributed by atoms with E-state index in [2.05, 4.69) is 16.2 Å². The molecule has 4 aromatic rings. The fourth-order valence-corrected chi connectivity index (χ4v) is 6.05. The lowest BCUT2D eigenvalue weighted by Crippen LogP contribution is -3.09. The van der Waals surface area contributed by atoms with E-state index in [1.165, 1.54) is 10.5 Å². The third-order valence-corrected chi connectivity index (χ3v) is 7.76. The van der Waals surface area contributed by atoms with Crippen molar-refractivity contribution in [2.75, 3.05) is 19.8 Å². The zero-order valence-electron chi connectivity index (χ0n) is 21.6. The second-order valence-corrected chi connectivity index (χ2v) is 11.6. The second kappa shape index (κ2) is 9.26. The Morgan fingerprint density at radius 1 is 1.15 bits per heavy atom. The van der Waals surface area contributed by atoms with E-state index in [1.807, 2.05) is 42.8 Å². The number of halogens is 1. The molecule has 4 N–H and O–H groups in total. The van der Waals surface area contributed by atoms with Crippen molar-refractivity contribution in [1.29, 1.82) is 0 Å². The maximum Gasteiger partial charge on any atom is 0.296 e. The molecular formula is C27H30ClN6O5+. The number of pyridine rings is 1. The van der Waals surface area contributed by atoms with Gasteiger partial charge in [-0.2, -0.15) is 10.1 Å². The van der Waals surface area contributed by atoms with Gasteiger partial charge < -0.3 is 34.3 Å². The summed E-state index contributed by atoms with van der Waals surface area (Å²) < 4.78 is 19.2. The van der Waals surface area contributed by atoms with Crippen LogP contribution in [0.2, 0.25) is 5.02 Å². The quantitative estimate of drug-likeness (QED) is 0.278. The van der Waals surface area contributed by atoms with Crippen molar-refractivity contribution < 1.29 is 29.3 Å². The number of ether oxygens (including phenoxy) is 3. The molecule has 0 bridgehead atoms. The van der Waals surface area contributed by atoms with E-state index < -0.39 is 11.7 Å². The highest BCUT2D eigenvalue weighted by Gasteiger charge is 2.48. The molecule has 39 heavy (non-hydrogen) atoms. The Balaban J connectivity index is 1.07. The summed E-state index contributed by atoms with van der Waals surface area (Å²) in [5, 5.41) is 25.4. The van der Waals surface area contributed by atoms with E-state index in [0.717, 1.165) is 30.0 Å². The summed E-state index contributed by atoms with van der Waals surface area (Å²) in [6.07, 6.45) is 0.351. The van der Waals surface area contributed by atoms with Gasteiger partial charge in [0.05, 0.1) is 40.7 Å². The number of nitrogens with one attached hydrogen (secondary N) is 2. The molecule has 204 valence electrons. The van der Waals surface area contributed by atoms with Gasteiger partial charge in [-0.15, -0.1) is 0 Å². The van der Waals surface area contributed by atoms with Crippen LogP contribution in [-0.2, 0) is 22.6 Å². The first-order valence-electron chi connectivity index (χ1n) is 13.1. The van der Waals surface area contributed by atoms with Crippen molar-refractivity contribution in [3.05, 3.63) is 52.8 Å². The second-order valence-electron chi connectivity index (χ2n) is 11.2. The topological polar surface area (TPSA) is 132 Å². The number of hydrogen-bond acceptors (Lipinski definition) is 8. The van der Waals surface area contributed by atoms with Gasteiger partial charge in [0, 0.05) is 11.8 Å². The van der Waals surface area contributed by atoms with Gasteiger partial charge in [-0.25, -0.2) is 9.67 Å². The number of fused-ring (bicyclic) bond motifs is 3. The highest BCUT2D eigenvalue weighted by atomic mass is 35.5. The Morgan fingerprint density at radius 3 is 2.72 bits per heavy atom. The minimum atomic E-state index is -0.698. The summed E-state index contributed by atoms with van der Waals surface area (Å²) in [5.41, 5.74) is 5.15. The molecule has 0 amide bonds. The molecule has 2 saturated heterocycles. The number of aromatic nitrogens is 5. The number of nitrogens with zero attached hydrogens (tertiary/aromatic N) is 4. The lowest BCUT2D eigenvalue weighted by molar-refractivity contribution is -0.926. The Hall–Kier alpha value is -3.06. The number of aliphatic hydroxyl groups excluding tert-OH is 1. The average molecular weight is 554 g/mol. The molecule has 1 unspecified atom stereocenters. The maximum absolute atomic E-state index is 10.1. The predicted octanol–water partition coefficient (Wildman–Crippen LogP) is 1.04. The zero-order chi connectivity index (χ0) is 26.9. The molecule has 0 saturated carbocycles. The van der Waals surface area contributed by atoms with E-state index >= 15 is 0 Å². The third-order valence-electron chi connectivity index (χ3n) is 7.47. The van der Waals surface area contributed by atoms with Crippen LogP contribution in [0.4, 0.5) is 0 Å². The van der Waals surface area contributed by atoms with E-state index in [1.54, 1.807) is 6.07 Å². The fourth-order valence-electron chi connectivity index (χ4n) is 5.79. The van der Waals surface area contributed by atoms with Gasteiger partial charge in [0.2, 0.25) is 0 Å². The fraction of sp³-hybridized carbons (Fsp3) is 0.444. The Morgan fingerprint density at radius 2 is 1.95 bits per heavy atom. The van der Waals surface area contributed by atoms with E-state index in [0.29, 0.717) is 41.0 Å². The van der Waals surface area contributed by atoms with Crippen molar-refractivity contribution in [3.63, 3.8) is 0 Å². The minimum Gasteiger partial charge on any atom is -0.456 e. The van der Waals surface area contributed by atoms with Crippen molar-refractivity contribution in [3.8, 4) is 23.0 Å². The minimum absolute atomic E-state index is 0.236. The van der Waals surface area contributed by atoms with Crippen LogP contribution in [0.5, 0.6) is 6.01 Å². The number of imidazole rings is 1. The van der Waals surface area contributed by atoms with Crippen molar-refractivity contribution in [2.45, 2.75) is 57.0 Å². The lowest BCUT2D eigenvalue weighted by Gasteiger charge is -2.21. The first kappa shape index (κ1) is 24.9.